The molecule has 1 heterocycles. The van der Waals surface area contributed by atoms with Gasteiger partial charge in [0.25, 0.3) is 0 Å². The van der Waals surface area contributed by atoms with E-state index in [1.807, 2.05) is 0 Å². The first-order chi connectivity index (χ1) is 5.93. The van der Waals surface area contributed by atoms with Gasteiger partial charge in [0.05, 0.1) is 5.54 Å². The molecule has 1 aliphatic rings. The van der Waals surface area contributed by atoms with Gasteiger partial charge in [0.1, 0.15) is 0 Å². The molecule has 0 saturated carbocycles. The first-order valence-corrected chi connectivity index (χ1v) is 5.03. The van der Waals surface area contributed by atoms with Crippen LogP contribution in [0.25, 0.3) is 0 Å². The monoisotopic (exact) mass is 184 g/mol. The van der Waals surface area contributed by atoms with Crippen molar-refractivity contribution in [3.05, 3.63) is 0 Å². The lowest BCUT2D eigenvalue weighted by molar-refractivity contribution is -0.146. The minimum absolute atomic E-state index is 0.0282. The molecule has 1 amide bonds. The van der Waals surface area contributed by atoms with E-state index in [1.54, 1.807) is 5.01 Å². The molecule has 0 aromatic carbocycles. The summed E-state index contributed by atoms with van der Waals surface area (Å²) < 4.78 is 0. The van der Waals surface area contributed by atoms with E-state index < -0.39 is 0 Å². The number of hydrogen-bond donors (Lipinski definition) is 1. The van der Waals surface area contributed by atoms with E-state index >= 15 is 0 Å². The Balaban J connectivity index is 2.69. The fraction of sp³-hybridized carbons (Fsp3) is 0.900. The Kier molecular flexibility index (Phi) is 2.96. The summed E-state index contributed by atoms with van der Waals surface area (Å²) in [5.74, 6) is 0.227. The second-order valence-corrected chi connectivity index (χ2v) is 4.68. The molecule has 1 saturated heterocycles. The lowest BCUT2D eigenvalue weighted by atomic mass is 9.92. The molecule has 3 heteroatoms. The molecule has 3 nitrogen and oxygen atoms in total. The minimum atomic E-state index is -0.0282. The van der Waals surface area contributed by atoms with Crippen LogP contribution in [0.4, 0.5) is 0 Å². The highest BCUT2D eigenvalue weighted by atomic mass is 16.2. The third-order valence-electron chi connectivity index (χ3n) is 2.42. The van der Waals surface area contributed by atoms with E-state index in [-0.39, 0.29) is 11.4 Å². The summed E-state index contributed by atoms with van der Waals surface area (Å²) >= 11 is 0. The van der Waals surface area contributed by atoms with Crippen molar-refractivity contribution in [3.63, 3.8) is 0 Å². The molecule has 0 atom stereocenters. The van der Waals surface area contributed by atoms with Gasteiger partial charge in [0, 0.05) is 12.5 Å². The van der Waals surface area contributed by atoms with Gasteiger partial charge < -0.3 is 0 Å². The molecule has 0 aliphatic carbocycles. The predicted molar refractivity (Wildman–Crippen MR) is 53.0 cm³/mol. The fourth-order valence-corrected chi connectivity index (χ4v) is 1.74. The zero-order chi connectivity index (χ0) is 10.1. The van der Waals surface area contributed by atoms with Crippen LogP contribution >= 0.6 is 0 Å². The van der Waals surface area contributed by atoms with Crippen LogP contribution in [0.2, 0.25) is 0 Å². The van der Waals surface area contributed by atoms with Crippen molar-refractivity contribution < 1.29 is 4.79 Å². The molecule has 0 aromatic rings. The van der Waals surface area contributed by atoms with Crippen LogP contribution in [-0.2, 0) is 4.79 Å². The molecule has 0 unspecified atom stereocenters. The summed E-state index contributed by atoms with van der Waals surface area (Å²) in [6, 6.07) is 0.321. The van der Waals surface area contributed by atoms with Crippen LogP contribution in [0.1, 0.15) is 47.0 Å². The normalized spacial score (nSPS) is 22.5. The van der Waals surface area contributed by atoms with Gasteiger partial charge in [-0.1, -0.05) is 0 Å². The number of carbonyl (C=O) groups excluding carboxylic acids is 1. The van der Waals surface area contributed by atoms with Gasteiger partial charge in [-0.25, -0.2) is 5.43 Å². The maximum Gasteiger partial charge on any atom is 0.237 e. The Morgan fingerprint density at radius 1 is 1.46 bits per heavy atom. The second-order valence-electron chi connectivity index (χ2n) is 4.68. The fourth-order valence-electron chi connectivity index (χ4n) is 1.74. The quantitative estimate of drug-likeness (QED) is 0.708. The molecule has 1 N–H and O–H groups in total. The molecular formula is C10H20N2O. The van der Waals surface area contributed by atoms with Crippen molar-refractivity contribution >= 4 is 5.91 Å². The van der Waals surface area contributed by atoms with Crippen LogP contribution in [0.5, 0.6) is 0 Å². The second kappa shape index (κ2) is 3.66. The van der Waals surface area contributed by atoms with Crippen molar-refractivity contribution in [2.75, 3.05) is 0 Å². The highest BCUT2D eigenvalue weighted by Crippen LogP contribution is 2.26. The number of nitrogens with zero attached hydrogens (tertiary/aromatic N) is 1. The smallest absolute Gasteiger partial charge is 0.237 e. The third-order valence-corrected chi connectivity index (χ3v) is 2.42. The van der Waals surface area contributed by atoms with Crippen molar-refractivity contribution in [1.82, 2.24) is 10.4 Å². The molecule has 0 radical (unpaired) electrons. The van der Waals surface area contributed by atoms with E-state index in [2.05, 4.69) is 33.1 Å². The highest BCUT2D eigenvalue weighted by Gasteiger charge is 2.34. The lowest BCUT2D eigenvalue weighted by Gasteiger charge is -2.43. The molecule has 1 fully saturated rings. The minimum Gasteiger partial charge on any atom is -0.273 e. The average molecular weight is 184 g/mol. The van der Waals surface area contributed by atoms with Gasteiger partial charge in [0.2, 0.25) is 5.91 Å². The maximum atomic E-state index is 11.6. The van der Waals surface area contributed by atoms with Gasteiger partial charge in [-0.2, -0.15) is 0 Å². The first-order valence-electron chi connectivity index (χ1n) is 5.03. The number of piperidine rings is 1. The average Bonchev–Trinajstić information content (AvgIpc) is 1.96. The molecule has 1 aliphatic heterocycles. The third kappa shape index (κ3) is 2.44. The largest absolute Gasteiger partial charge is 0.273 e. The number of amides is 1. The maximum absolute atomic E-state index is 11.6. The topological polar surface area (TPSA) is 32.3 Å². The van der Waals surface area contributed by atoms with Gasteiger partial charge in [0.15, 0.2) is 0 Å². The van der Waals surface area contributed by atoms with Gasteiger partial charge in [-0.15, -0.1) is 0 Å². The molecule has 1 rings (SSSR count). The highest BCUT2D eigenvalue weighted by molar-refractivity contribution is 5.77. The number of rotatable bonds is 2. The molecule has 0 spiro atoms. The summed E-state index contributed by atoms with van der Waals surface area (Å²) in [5.41, 5.74) is 3.18. The first kappa shape index (κ1) is 10.5. The van der Waals surface area contributed by atoms with E-state index in [0.717, 1.165) is 12.8 Å². The zero-order valence-corrected chi connectivity index (χ0v) is 9.05. The van der Waals surface area contributed by atoms with Crippen molar-refractivity contribution in [3.8, 4) is 0 Å². The Bertz CT molecular complexity index is 199. The van der Waals surface area contributed by atoms with Gasteiger partial charge in [-0.3, -0.25) is 9.80 Å². The van der Waals surface area contributed by atoms with E-state index in [9.17, 15) is 4.79 Å². The van der Waals surface area contributed by atoms with Crippen LogP contribution in [0.15, 0.2) is 0 Å². The van der Waals surface area contributed by atoms with Crippen molar-refractivity contribution in [2.24, 2.45) is 0 Å². The van der Waals surface area contributed by atoms with E-state index in [4.69, 9.17) is 0 Å². The predicted octanol–water partition coefficient (Wildman–Crippen LogP) is 1.69. The number of nitrogens with one attached hydrogen (secondary N) is 1. The van der Waals surface area contributed by atoms with Crippen LogP contribution in [0.3, 0.4) is 0 Å². The van der Waals surface area contributed by atoms with Crippen LogP contribution in [0, 0.1) is 0 Å². The Morgan fingerprint density at radius 3 is 2.54 bits per heavy atom. The molecule has 0 aromatic heterocycles. The molecule has 13 heavy (non-hydrogen) atoms. The lowest BCUT2D eigenvalue weighted by Crippen LogP contribution is -2.59. The summed E-state index contributed by atoms with van der Waals surface area (Å²) in [7, 11) is 0. The molecule has 76 valence electrons. The van der Waals surface area contributed by atoms with E-state index in [0.29, 0.717) is 12.5 Å². The Hall–Kier alpha value is -0.570. The number of carbonyl (C=O) groups is 1. The van der Waals surface area contributed by atoms with Gasteiger partial charge >= 0.3 is 0 Å². The van der Waals surface area contributed by atoms with Crippen molar-refractivity contribution in [2.45, 2.75) is 58.5 Å². The van der Waals surface area contributed by atoms with Crippen molar-refractivity contribution in [1.29, 1.82) is 0 Å². The standard InChI is InChI=1S/C10H20N2O/c1-8(2)11-12-9(13)6-5-7-10(12,3)4/h8,11H,5-7H2,1-4H3. The summed E-state index contributed by atoms with van der Waals surface area (Å²) in [4.78, 5) is 11.6. The summed E-state index contributed by atoms with van der Waals surface area (Å²) in [6.45, 7) is 8.33. The molecule has 0 bridgehead atoms. The summed E-state index contributed by atoms with van der Waals surface area (Å²) in [5, 5.41) is 1.81. The van der Waals surface area contributed by atoms with Crippen LogP contribution < -0.4 is 5.43 Å². The number of hydrazine groups is 1. The summed E-state index contributed by atoms with van der Waals surface area (Å²) in [6.07, 6.45) is 2.78. The van der Waals surface area contributed by atoms with E-state index in [1.165, 1.54) is 0 Å². The van der Waals surface area contributed by atoms with Crippen LogP contribution in [-0.4, -0.2) is 22.5 Å². The SMILES string of the molecule is CC(C)NN1C(=O)CCCC1(C)C. The molecular weight excluding hydrogens is 164 g/mol. The number of hydrogen-bond acceptors (Lipinski definition) is 2. The Morgan fingerprint density at radius 2 is 2.08 bits per heavy atom. The zero-order valence-electron chi connectivity index (χ0n) is 9.05. The van der Waals surface area contributed by atoms with Gasteiger partial charge in [-0.05, 0) is 40.5 Å². The Labute approximate surface area is 80.5 Å².